The van der Waals surface area contributed by atoms with Crippen LogP contribution >= 0.6 is 23.2 Å². The number of carbonyl (C=O) groups excluding carboxylic acids is 1. The molecule has 4 nitrogen and oxygen atoms in total. The van der Waals surface area contributed by atoms with E-state index >= 15 is 0 Å². The second-order valence-electron chi connectivity index (χ2n) is 2.69. The smallest absolute Gasteiger partial charge is 0.308 e. The number of para-hydroxylation sites is 1. The summed E-state index contributed by atoms with van der Waals surface area (Å²) >= 11 is 10.7. The molecule has 6 heteroatoms. The number of hydrogen-bond donors (Lipinski definition) is 2. The topological polar surface area (TPSA) is 64.9 Å². The molecule has 0 saturated carbocycles. The maximum Gasteiger partial charge on any atom is 0.324 e. The molecule has 0 aliphatic carbocycles. The Kier molecular flexibility index (Phi) is 4.65. The molecule has 0 spiro atoms. The Balaban J connectivity index is 2.63. The van der Waals surface area contributed by atoms with E-state index in [-0.39, 0.29) is 10.2 Å². The minimum Gasteiger partial charge on any atom is -0.308 e. The van der Waals surface area contributed by atoms with Gasteiger partial charge in [-0.15, -0.1) is 0 Å². The molecule has 0 heterocycles. The fourth-order valence-electron chi connectivity index (χ4n) is 0.915. The Morgan fingerprint density at radius 3 is 2.38 bits per heavy atom. The number of hydrogen-bond acceptors (Lipinski definition) is 2. The van der Waals surface area contributed by atoms with Crippen molar-refractivity contribution in [3.05, 3.63) is 40.5 Å². The summed E-state index contributed by atoms with van der Waals surface area (Å²) < 4.78 is -0.286. The predicted molar refractivity (Wildman–Crippen MR) is 62.9 cm³/mol. The molecular formula is C10H7Cl2N3O. The summed E-state index contributed by atoms with van der Waals surface area (Å²) in [6, 6.07) is 9.85. The molecule has 16 heavy (non-hydrogen) atoms. The Morgan fingerprint density at radius 1 is 1.25 bits per heavy atom. The van der Waals surface area contributed by atoms with Crippen LogP contribution in [0.2, 0.25) is 0 Å². The highest BCUT2D eigenvalue weighted by molar-refractivity contribution is 6.56. The first kappa shape index (κ1) is 12.4. The van der Waals surface area contributed by atoms with Gasteiger partial charge in [0.15, 0.2) is 5.70 Å². The van der Waals surface area contributed by atoms with E-state index in [1.165, 1.54) is 0 Å². The Hall–Kier alpha value is -1.70. The summed E-state index contributed by atoms with van der Waals surface area (Å²) in [5, 5.41) is 13.3. The third kappa shape index (κ3) is 3.81. The summed E-state index contributed by atoms with van der Waals surface area (Å²) in [5.74, 6) is 0. The molecule has 0 unspecified atom stereocenters. The van der Waals surface area contributed by atoms with E-state index in [2.05, 4.69) is 10.6 Å². The number of nitriles is 1. The minimum atomic E-state index is -0.582. The number of anilines is 1. The largest absolute Gasteiger partial charge is 0.324 e. The molecule has 1 aromatic rings. The van der Waals surface area contributed by atoms with Gasteiger partial charge in [0.1, 0.15) is 10.6 Å². The molecule has 1 aromatic carbocycles. The van der Waals surface area contributed by atoms with Crippen molar-refractivity contribution in [1.29, 1.82) is 5.26 Å². The van der Waals surface area contributed by atoms with Crippen LogP contribution in [0.25, 0.3) is 0 Å². The van der Waals surface area contributed by atoms with E-state index in [9.17, 15) is 4.79 Å². The number of allylic oxidation sites excluding steroid dienone is 1. The molecule has 0 bridgehead atoms. The Bertz CT molecular complexity index is 447. The summed E-state index contributed by atoms with van der Waals surface area (Å²) in [5.41, 5.74) is 0.403. The van der Waals surface area contributed by atoms with Gasteiger partial charge in [0, 0.05) is 5.69 Å². The maximum atomic E-state index is 11.4. The normalized spacial score (nSPS) is 8.81. The van der Waals surface area contributed by atoms with Crippen molar-refractivity contribution in [2.75, 3.05) is 5.32 Å². The highest BCUT2D eigenvalue weighted by Gasteiger charge is 2.07. The SMILES string of the molecule is N#CC(NC(=O)Nc1ccccc1)=C(Cl)Cl. The zero-order chi connectivity index (χ0) is 12.0. The predicted octanol–water partition coefficient (Wildman–Crippen LogP) is 2.98. The second kappa shape index (κ2) is 6.01. The van der Waals surface area contributed by atoms with E-state index in [0.717, 1.165) is 0 Å². The van der Waals surface area contributed by atoms with Crippen LogP contribution in [0.15, 0.2) is 40.5 Å². The van der Waals surface area contributed by atoms with Gasteiger partial charge in [-0.2, -0.15) is 5.26 Å². The summed E-state index contributed by atoms with van der Waals surface area (Å²) in [7, 11) is 0. The van der Waals surface area contributed by atoms with E-state index in [1.54, 1.807) is 30.3 Å². The third-order valence-electron chi connectivity index (χ3n) is 1.57. The van der Waals surface area contributed by atoms with Gasteiger partial charge in [-0.1, -0.05) is 41.4 Å². The number of rotatable bonds is 2. The van der Waals surface area contributed by atoms with Gasteiger partial charge < -0.3 is 5.32 Å². The lowest BCUT2D eigenvalue weighted by Gasteiger charge is -2.05. The van der Waals surface area contributed by atoms with E-state index in [4.69, 9.17) is 28.5 Å². The lowest BCUT2D eigenvalue weighted by Crippen LogP contribution is -2.27. The van der Waals surface area contributed by atoms with Crippen molar-refractivity contribution in [1.82, 2.24) is 5.32 Å². The van der Waals surface area contributed by atoms with E-state index in [0.29, 0.717) is 5.69 Å². The second-order valence-corrected chi connectivity index (χ2v) is 3.64. The quantitative estimate of drug-likeness (QED) is 0.799. The van der Waals surface area contributed by atoms with Gasteiger partial charge in [0.05, 0.1) is 0 Å². The minimum absolute atomic E-state index is 0.197. The van der Waals surface area contributed by atoms with E-state index in [1.807, 2.05) is 6.07 Å². The van der Waals surface area contributed by atoms with Gasteiger partial charge >= 0.3 is 6.03 Å². The Morgan fingerprint density at radius 2 is 1.88 bits per heavy atom. The number of nitrogens with zero attached hydrogens (tertiary/aromatic N) is 1. The molecule has 1 rings (SSSR count). The van der Waals surface area contributed by atoms with E-state index < -0.39 is 6.03 Å². The number of halogens is 2. The van der Waals surface area contributed by atoms with Crippen molar-refractivity contribution in [3.63, 3.8) is 0 Å². The van der Waals surface area contributed by atoms with Crippen LogP contribution in [0.3, 0.4) is 0 Å². The molecule has 0 radical (unpaired) electrons. The fourth-order valence-corrected chi connectivity index (χ4v) is 1.09. The zero-order valence-electron chi connectivity index (χ0n) is 8.00. The zero-order valence-corrected chi connectivity index (χ0v) is 9.51. The molecule has 82 valence electrons. The Labute approximate surface area is 102 Å². The number of benzene rings is 1. The monoisotopic (exact) mass is 255 g/mol. The molecule has 0 aliphatic rings. The number of nitrogens with one attached hydrogen (secondary N) is 2. The highest BCUT2D eigenvalue weighted by Crippen LogP contribution is 2.11. The highest BCUT2D eigenvalue weighted by atomic mass is 35.5. The standard InChI is InChI=1S/C10H7Cl2N3O/c11-9(12)8(6-13)15-10(16)14-7-4-2-1-3-5-7/h1-5H,(H2,14,15,16). The molecule has 0 atom stereocenters. The van der Waals surface area contributed by atoms with Gasteiger partial charge in [0.25, 0.3) is 0 Å². The van der Waals surface area contributed by atoms with Crippen LogP contribution in [0.1, 0.15) is 0 Å². The van der Waals surface area contributed by atoms with Crippen molar-refractivity contribution in [2.45, 2.75) is 0 Å². The van der Waals surface area contributed by atoms with Crippen molar-refractivity contribution < 1.29 is 4.79 Å². The van der Waals surface area contributed by atoms with Crippen LogP contribution in [0, 0.1) is 11.3 Å². The van der Waals surface area contributed by atoms with Gasteiger partial charge in [-0.3, -0.25) is 5.32 Å². The molecule has 2 amide bonds. The lowest BCUT2D eigenvalue weighted by molar-refractivity contribution is 0.254. The van der Waals surface area contributed by atoms with Gasteiger partial charge in [-0.25, -0.2) is 4.79 Å². The number of amides is 2. The molecule has 0 fully saturated rings. The summed E-state index contributed by atoms with van der Waals surface area (Å²) in [4.78, 5) is 11.4. The first-order valence-corrected chi connectivity index (χ1v) is 4.97. The van der Waals surface area contributed by atoms with Crippen LogP contribution in [0.4, 0.5) is 10.5 Å². The first-order valence-electron chi connectivity index (χ1n) is 4.22. The summed E-state index contributed by atoms with van der Waals surface area (Å²) in [6.45, 7) is 0. The summed E-state index contributed by atoms with van der Waals surface area (Å²) in [6.07, 6.45) is 0. The van der Waals surface area contributed by atoms with Gasteiger partial charge in [0.2, 0.25) is 0 Å². The van der Waals surface area contributed by atoms with Crippen molar-refractivity contribution in [2.24, 2.45) is 0 Å². The van der Waals surface area contributed by atoms with Crippen molar-refractivity contribution >= 4 is 34.9 Å². The number of urea groups is 1. The molecule has 0 aliphatic heterocycles. The van der Waals surface area contributed by atoms with Crippen molar-refractivity contribution in [3.8, 4) is 6.07 Å². The molecule has 0 aromatic heterocycles. The maximum absolute atomic E-state index is 11.4. The average Bonchev–Trinajstić information content (AvgIpc) is 2.27. The average molecular weight is 256 g/mol. The molecular weight excluding hydrogens is 249 g/mol. The number of carbonyl (C=O) groups is 1. The van der Waals surface area contributed by atoms with Crippen LogP contribution in [-0.4, -0.2) is 6.03 Å². The van der Waals surface area contributed by atoms with Crippen LogP contribution in [-0.2, 0) is 0 Å². The first-order chi connectivity index (χ1) is 7.63. The molecule has 0 saturated heterocycles. The lowest BCUT2D eigenvalue weighted by atomic mass is 10.3. The van der Waals surface area contributed by atoms with Crippen LogP contribution in [0.5, 0.6) is 0 Å². The van der Waals surface area contributed by atoms with Crippen LogP contribution < -0.4 is 10.6 Å². The third-order valence-corrected chi connectivity index (χ3v) is 1.95. The molecule has 2 N–H and O–H groups in total. The fraction of sp³-hybridized carbons (Fsp3) is 0. The van der Waals surface area contributed by atoms with Gasteiger partial charge in [-0.05, 0) is 12.1 Å².